The van der Waals surface area contributed by atoms with Crippen molar-refractivity contribution in [1.82, 2.24) is 0 Å². The number of fused-ring (bicyclic) bond motifs is 1. The molecule has 1 heterocycles. The molecule has 0 aromatic heterocycles. The monoisotopic (exact) mass is 294 g/mol. The van der Waals surface area contributed by atoms with Crippen LogP contribution in [0.3, 0.4) is 0 Å². The minimum absolute atomic E-state index is 0.0156. The molecule has 0 fully saturated rings. The summed E-state index contributed by atoms with van der Waals surface area (Å²) < 4.78 is 11.0. The zero-order valence-electron chi connectivity index (χ0n) is 12.4. The molecule has 0 bridgehead atoms. The number of ether oxygens (including phenoxy) is 2. The summed E-state index contributed by atoms with van der Waals surface area (Å²) in [5.74, 6) is 0.472. The molecule has 1 aliphatic rings. The molecule has 2 aromatic carbocycles. The van der Waals surface area contributed by atoms with Gasteiger partial charge in [-0.2, -0.15) is 0 Å². The maximum absolute atomic E-state index is 12.2. The molecule has 0 saturated carbocycles. The summed E-state index contributed by atoms with van der Waals surface area (Å²) in [5, 5.41) is 0. The summed E-state index contributed by atoms with van der Waals surface area (Å²) in [6.07, 6.45) is 3.21. The molecule has 2 atom stereocenters. The number of benzene rings is 2. The first kappa shape index (κ1) is 14.4. The molecule has 3 nitrogen and oxygen atoms in total. The fraction of sp³-hybridized carbons (Fsp3) is 0.211. The lowest BCUT2D eigenvalue weighted by molar-refractivity contribution is -0.150. The van der Waals surface area contributed by atoms with Gasteiger partial charge in [0.05, 0.1) is 0 Å². The van der Waals surface area contributed by atoms with E-state index in [0.29, 0.717) is 0 Å². The number of esters is 1. The van der Waals surface area contributed by atoms with Gasteiger partial charge < -0.3 is 9.47 Å². The summed E-state index contributed by atoms with van der Waals surface area (Å²) in [7, 11) is 0. The van der Waals surface area contributed by atoms with E-state index in [1.165, 1.54) is 0 Å². The Morgan fingerprint density at radius 3 is 2.64 bits per heavy atom. The van der Waals surface area contributed by atoms with Gasteiger partial charge in [0.15, 0.2) is 0 Å². The van der Waals surface area contributed by atoms with Crippen molar-refractivity contribution in [3.63, 3.8) is 0 Å². The molecule has 3 rings (SSSR count). The van der Waals surface area contributed by atoms with Crippen LogP contribution in [0.5, 0.6) is 5.75 Å². The van der Waals surface area contributed by atoms with Crippen molar-refractivity contribution in [2.24, 2.45) is 0 Å². The van der Waals surface area contributed by atoms with Crippen molar-refractivity contribution in [2.75, 3.05) is 6.61 Å². The molecule has 0 saturated heterocycles. The summed E-state index contributed by atoms with van der Waals surface area (Å²) in [6, 6.07) is 17.6. The van der Waals surface area contributed by atoms with E-state index in [9.17, 15) is 4.79 Å². The van der Waals surface area contributed by atoms with Crippen LogP contribution in [-0.4, -0.2) is 18.7 Å². The first-order valence-electron chi connectivity index (χ1n) is 7.39. The second-order valence-corrected chi connectivity index (χ2v) is 5.31. The smallest absolute Gasteiger partial charge is 0.348 e. The molecule has 0 radical (unpaired) electrons. The quantitative estimate of drug-likeness (QED) is 0.804. The number of rotatable bonds is 4. The lowest BCUT2D eigenvalue weighted by Crippen LogP contribution is -2.29. The van der Waals surface area contributed by atoms with Gasteiger partial charge in [-0.05, 0) is 17.7 Å². The molecule has 22 heavy (non-hydrogen) atoms. The van der Waals surface area contributed by atoms with Crippen LogP contribution >= 0.6 is 0 Å². The van der Waals surface area contributed by atoms with Gasteiger partial charge >= 0.3 is 5.97 Å². The number of hydrogen-bond donors (Lipinski definition) is 0. The average Bonchev–Trinajstić information content (AvgIpc) is 2.90. The lowest BCUT2D eigenvalue weighted by Gasteiger charge is -2.13. The van der Waals surface area contributed by atoms with Gasteiger partial charge in [0.25, 0.3) is 0 Å². The van der Waals surface area contributed by atoms with E-state index in [1.54, 1.807) is 0 Å². The summed E-state index contributed by atoms with van der Waals surface area (Å²) in [6.45, 7) is 2.23. The highest BCUT2D eigenvalue weighted by atomic mass is 16.6. The molecule has 1 aliphatic heterocycles. The first-order valence-corrected chi connectivity index (χ1v) is 7.39. The van der Waals surface area contributed by atoms with Crippen molar-refractivity contribution in [3.8, 4) is 5.75 Å². The van der Waals surface area contributed by atoms with Gasteiger partial charge in [-0.3, -0.25) is 0 Å². The van der Waals surface area contributed by atoms with Crippen LogP contribution in [0.15, 0.2) is 60.7 Å². The predicted molar refractivity (Wildman–Crippen MR) is 85.7 cm³/mol. The average molecular weight is 294 g/mol. The zero-order chi connectivity index (χ0) is 15.4. The summed E-state index contributed by atoms with van der Waals surface area (Å²) in [4.78, 5) is 12.2. The number of para-hydroxylation sites is 1. The van der Waals surface area contributed by atoms with Gasteiger partial charge in [0.1, 0.15) is 12.4 Å². The van der Waals surface area contributed by atoms with E-state index in [2.05, 4.69) is 0 Å². The molecule has 2 aromatic rings. The molecule has 0 spiro atoms. The molecule has 0 N–H and O–H groups in total. The topological polar surface area (TPSA) is 35.5 Å². The Bertz CT molecular complexity index is 676. The number of carbonyl (C=O) groups excluding carboxylic acids is 1. The van der Waals surface area contributed by atoms with Crippen LogP contribution in [0.4, 0.5) is 0 Å². The fourth-order valence-electron chi connectivity index (χ4n) is 2.58. The third-order valence-electron chi connectivity index (χ3n) is 3.78. The minimum atomic E-state index is -0.553. The van der Waals surface area contributed by atoms with Gasteiger partial charge in [-0.25, -0.2) is 4.79 Å². The molecular formula is C19H18O3. The van der Waals surface area contributed by atoms with E-state index in [-0.39, 0.29) is 18.5 Å². The Kier molecular flexibility index (Phi) is 4.24. The van der Waals surface area contributed by atoms with Crippen LogP contribution in [0, 0.1) is 0 Å². The molecule has 112 valence electrons. The van der Waals surface area contributed by atoms with E-state index in [4.69, 9.17) is 9.47 Å². The van der Waals surface area contributed by atoms with Crippen molar-refractivity contribution in [1.29, 1.82) is 0 Å². The lowest BCUT2D eigenvalue weighted by atomic mass is 9.98. The first-order chi connectivity index (χ1) is 10.8. The molecule has 0 amide bonds. The second kappa shape index (κ2) is 6.48. The molecule has 3 heteroatoms. The maximum Gasteiger partial charge on any atom is 0.348 e. The standard InChI is InChI=1S/C19H18O3/c1-14-16-11-5-6-12-17(16)22-18(14)19(20)21-13-7-10-15-8-3-2-4-9-15/h2-12,14,18H,13H2,1H3/b10-7+. The Labute approximate surface area is 130 Å². The van der Waals surface area contributed by atoms with Crippen molar-refractivity contribution < 1.29 is 14.3 Å². The van der Waals surface area contributed by atoms with Crippen molar-refractivity contribution in [3.05, 3.63) is 71.8 Å². The number of carbonyl (C=O) groups is 1. The van der Waals surface area contributed by atoms with Crippen LogP contribution in [0.25, 0.3) is 6.08 Å². The van der Waals surface area contributed by atoms with E-state index < -0.39 is 6.10 Å². The summed E-state index contributed by atoms with van der Waals surface area (Å²) in [5.41, 5.74) is 2.14. The Morgan fingerprint density at radius 1 is 1.14 bits per heavy atom. The number of hydrogen-bond acceptors (Lipinski definition) is 3. The third kappa shape index (κ3) is 3.03. The highest BCUT2D eigenvalue weighted by Crippen LogP contribution is 2.37. The molecule has 2 unspecified atom stereocenters. The van der Waals surface area contributed by atoms with Gasteiger partial charge in [0.2, 0.25) is 6.10 Å². The van der Waals surface area contributed by atoms with Crippen molar-refractivity contribution >= 4 is 12.0 Å². The Hall–Kier alpha value is -2.55. The van der Waals surface area contributed by atoms with E-state index in [1.807, 2.05) is 73.7 Å². The maximum atomic E-state index is 12.2. The summed E-state index contributed by atoms with van der Waals surface area (Å²) >= 11 is 0. The third-order valence-corrected chi connectivity index (χ3v) is 3.78. The SMILES string of the molecule is CC1c2ccccc2OC1C(=O)OC/C=C/c1ccccc1. The highest BCUT2D eigenvalue weighted by molar-refractivity contribution is 5.78. The Balaban J connectivity index is 1.54. The predicted octanol–water partition coefficient (Wildman–Crippen LogP) is 3.81. The normalized spacial score (nSPS) is 19.7. The van der Waals surface area contributed by atoms with E-state index >= 15 is 0 Å². The van der Waals surface area contributed by atoms with Gasteiger partial charge in [-0.15, -0.1) is 0 Å². The van der Waals surface area contributed by atoms with Crippen molar-refractivity contribution in [2.45, 2.75) is 18.9 Å². The van der Waals surface area contributed by atoms with Crippen LogP contribution in [-0.2, 0) is 9.53 Å². The zero-order valence-corrected chi connectivity index (χ0v) is 12.4. The van der Waals surface area contributed by atoms with Crippen LogP contribution in [0.2, 0.25) is 0 Å². The Morgan fingerprint density at radius 2 is 1.86 bits per heavy atom. The van der Waals surface area contributed by atoms with Gasteiger partial charge in [0, 0.05) is 11.5 Å². The fourth-order valence-corrected chi connectivity index (χ4v) is 2.58. The van der Waals surface area contributed by atoms with Crippen LogP contribution < -0.4 is 4.74 Å². The molecule has 0 aliphatic carbocycles. The highest BCUT2D eigenvalue weighted by Gasteiger charge is 2.37. The van der Waals surface area contributed by atoms with E-state index in [0.717, 1.165) is 16.9 Å². The van der Waals surface area contributed by atoms with Crippen LogP contribution in [0.1, 0.15) is 24.0 Å². The largest absolute Gasteiger partial charge is 0.478 e. The minimum Gasteiger partial charge on any atom is -0.478 e. The second-order valence-electron chi connectivity index (χ2n) is 5.31. The van der Waals surface area contributed by atoms with Gasteiger partial charge in [-0.1, -0.05) is 61.5 Å². The molecular weight excluding hydrogens is 276 g/mol.